The lowest BCUT2D eigenvalue weighted by Crippen LogP contribution is -2.26. The average molecular weight is 283 g/mol. The van der Waals surface area contributed by atoms with E-state index in [1.807, 2.05) is 37.3 Å². The predicted molar refractivity (Wildman–Crippen MR) is 79.8 cm³/mol. The van der Waals surface area contributed by atoms with Crippen molar-refractivity contribution in [1.82, 2.24) is 9.97 Å². The number of anilines is 1. The third-order valence-electron chi connectivity index (χ3n) is 3.42. The van der Waals surface area contributed by atoms with Gasteiger partial charge < -0.3 is 10.1 Å². The van der Waals surface area contributed by atoms with Crippen LogP contribution in [0.3, 0.4) is 0 Å². The Balaban J connectivity index is 1.78. The molecular formula is C16H17N3O2. The van der Waals surface area contributed by atoms with Crippen molar-refractivity contribution in [3.63, 3.8) is 0 Å². The molecule has 1 aliphatic heterocycles. The zero-order chi connectivity index (χ0) is 14.7. The van der Waals surface area contributed by atoms with E-state index in [0.29, 0.717) is 6.61 Å². The van der Waals surface area contributed by atoms with Gasteiger partial charge in [-0.05, 0) is 38.0 Å². The molecule has 2 heterocycles. The Morgan fingerprint density at radius 1 is 1.38 bits per heavy atom. The van der Waals surface area contributed by atoms with Crippen molar-refractivity contribution >= 4 is 11.6 Å². The summed E-state index contributed by atoms with van der Waals surface area (Å²) in [4.78, 5) is 20.5. The minimum Gasteiger partial charge on any atom is -0.368 e. The highest BCUT2D eigenvalue weighted by Crippen LogP contribution is 2.21. The summed E-state index contributed by atoms with van der Waals surface area (Å²) < 4.78 is 5.38. The first-order chi connectivity index (χ1) is 10.2. The van der Waals surface area contributed by atoms with E-state index < -0.39 is 0 Å². The molecule has 1 unspecified atom stereocenters. The van der Waals surface area contributed by atoms with Gasteiger partial charge in [0, 0.05) is 24.1 Å². The van der Waals surface area contributed by atoms with E-state index in [1.165, 1.54) is 0 Å². The molecular weight excluding hydrogens is 266 g/mol. The number of carbonyl (C=O) groups is 1. The molecule has 21 heavy (non-hydrogen) atoms. The molecule has 1 saturated heterocycles. The van der Waals surface area contributed by atoms with E-state index in [2.05, 4.69) is 15.3 Å². The minimum absolute atomic E-state index is 0.0801. The summed E-state index contributed by atoms with van der Waals surface area (Å²) in [6.45, 7) is 2.52. The molecule has 1 N–H and O–H groups in total. The molecule has 1 amide bonds. The molecule has 1 atom stereocenters. The lowest BCUT2D eigenvalue weighted by atomic mass is 10.1. The molecule has 1 aromatic carbocycles. The Morgan fingerprint density at radius 3 is 3.05 bits per heavy atom. The maximum atomic E-state index is 12.1. The third-order valence-corrected chi connectivity index (χ3v) is 3.42. The molecule has 2 aromatic rings. The fraction of sp³-hybridized carbons (Fsp3) is 0.312. The number of hydrogen-bond donors (Lipinski definition) is 1. The normalized spacial score (nSPS) is 17.7. The van der Waals surface area contributed by atoms with Crippen molar-refractivity contribution in [2.45, 2.75) is 25.9 Å². The quantitative estimate of drug-likeness (QED) is 0.940. The van der Waals surface area contributed by atoms with E-state index in [-0.39, 0.29) is 12.0 Å². The lowest BCUT2D eigenvalue weighted by Gasteiger charge is -2.11. The van der Waals surface area contributed by atoms with Crippen LogP contribution in [0.4, 0.5) is 5.69 Å². The first-order valence-electron chi connectivity index (χ1n) is 7.05. The van der Waals surface area contributed by atoms with Gasteiger partial charge in [-0.3, -0.25) is 4.79 Å². The van der Waals surface area contributed by atoms with Crippen LogP contribution in [-0.2, 0) is 9.53 Å². The number of nitrogens with one attached hydrogen (secondary N) is 1. The van der Waals surface area contributed by atoms with Crippen molar-refractivity contribution < 1.29 is 9.53 Å². The number of nitrogens with zero attached hydrogens (tertiary/aromatic N) is 2. The summed E-state index contributed by atoms with van der Waals surface area (Å²) in [6, 6.07) is 9.49. The van der Waals surface area contributed by atoms with Crippen LogP contribution < -0.4 is 5.32 Å². The zero-order valence-electron chi connectivity index (χ0n) is 11.9. The summed E-state index contributed by atoms with van der Waals surface area (Å²) in [7, 11) is 0. The van der Waals surface area contributed by atoms with E-state index in [1.54, 1.807) is 6.20 Å². The lowest BCUT2D eigenvalue weighted by molar-refractivity contribution is -0.124. The van der Waals surface area contributed by atoms with Crippen LogP contribution in [0, 0.1) is 6.92 Å². The number of aryl methyl sites for hydroxylation is 1. The van der Waals surface area contributed by atoms with Gasteiger partial charge in [0.05, 0.1) is 5.69 Å². The Labute approximate surface area is 123 Å². The maximum absolute atomic E-state index is 12.1. The van der Waals surface area contributed by atoms with Crippen molar-refractivity contribution in [2.24, 2.45) is 0 Å². The molecule has 1 aliphatic rings. The summed E-state index contributed by atoms with van der Waals surface area (Å²) >= 11 is 0. The number of hydrogen-bond acceptors (Lipinski definition) is 4. The second kappa shape index (κ2) is 6.01. The van der Waals surface area contributed by atoms with Gasteiger partial charge in [0.2, 0.25) is 0 Å². The SMILES string of the molecule is Cc1nccc(-c2cccc(NC(=O)C3CCCO3)c2)n1. The third kappa shape index (κ3) is 3.25. The predicted octanol–water partition coefficient (Wildman–Crippen LogP) is 2.57. The van der Waals surface area contributed by atoms with Crippen molar-refractivity contribution in [3.8, 4) is 11.3 Å². The van der Waals surface area contributed by atoms with Crippen LogP contribution in [-0.4, -0.2) is 28.6 Å². The number of benzene rings is 1. The second-order valence-electron chi connectivity index (χ2n) is 5.06. The van der Waals surface area contributed by atoms with E-state index >= 15 is 0 Å². The second-order valence-corrected chi connectivity index (χ2v) is 5.06. The standard InChI is InChI=1S/C16H17N3O2/c1-11-17-8-7-14(18-11)12-4-2-5-13(10-12)19-16(20)15-6-3-9-21-15/h2,4-5,7-8,10,15H,3,6,9H2,1H3,(H,19,20). The summed E-state index contributed by atoms with van der Waals surface area (Å²) in [6.07, 6.45) is 3.14. The maximum Gasteiger partial charge on any atom is 0.253 e. The van der Waals surface area contributed by atoms with Gasteiger partial charge in [-0.1, -0.05) is 12.1 Å². The highest BCUT2D eigenvalue weighted by atomic mass is 16.5. The molecule has 5 heteroatoms. The fourth-order valence-electron chi connectivity index (χ4n) is 2.38. The zero-order valence-corrected chi connectivity index (χ0v) is 11.9. The highest BCUT2D eigenvalue weighted by Gasteiger charge is 2.23. The molecule has 1 fully saturated rings. The van der Waals surface area contributed by atoms with E-state index in [9.17, 15) is 4.79 Å². The molecule has 0 radical (unpaired) electrons. The Hall–Kier alpha value is -2.27. The first kappa shape index (κ1) is 13.7. The van der Waals surface area contributed by atoms with Gasteiger partial charge in [-0.25, -0.2) is 9.97 Å². The fourth-order valence-corrected chi connectivity index (χ4v) is 2.38. The Bertz CT molecular complexity index is 651. The minimum atomic E-state index is -0.324. The van der Waals surface area contributed by atoms with Crippen LogP contribution in [0.5, 0.6) is 0 Å². The van der Waals surface area contributed by atoms with Crippen molar-refractivity contribution in [3.05, 3.63) is 42.4 Å². The van der Waals surface area contributed by atoms with Gasteiger partial charge >= 0.3 is 0 Å². The molecule has 1 aromatic heterocycles. The van der Waals surface area contributed by atoms with Gasteiger partial charge in [-0.2, -0.15) is 0 Å². The van der Waals surface area contributed by atoms with Crippen LogP contribution >= 0.6 is 0 Å². The van der Waals surface area contributed by atoms with Gasteiger partial charge in [-0.15, -0.1) is 0 Å². The number of ether oxygens (including phenoxy) is 1. The summed E-state index contributed by atoms with van der Waals surface area (Å²) in [5.74, 6) is 0.643. The van der Waals surface area contributed by atoms with Crippen molar-refractivity contribution in [2.75, 3.05) is 11.9 Å². The smallest absolute Gasteiger partial charge is 0.253 e. The molecule has 5 nitrogen and oxygen atoms in total. The molecule has 0 aliphatic carbocycles. The highest BCUT2D eigenvalue weighted by molar-refractivity contribution is 5.94. The number of carbonyl (C=O) groups excluding carboxylic acids is 1. The largest absolute Gasteiger partial charge is 0.368 e. The molecule has 3 rings (SSSR count). The van der Waals surface area contributed by atoms with Crippen molar-refractivity contribution in [1.29, 1.82) is 0 Å². The molecule has 108 valence electrons. The van der Waals surface area contributed by atoms with Crippen LogP contribution in [0.15, 0.2) is 36.5 Å². The summed E-state index contributed by atoms with van der Waals surface area (Å²) in [5, 5.41) is 2.90. The number of aromatic nitrogens is 2. The Kier molecular flexibility index (Phi) is 3.92. The molecule has 0 saturated carbocycles. The van der Waals surface area contributed by atoms with E-state index in [4.69, 9.17) is 4.74 Å². The van der Waals surface area contributed by atoms with Crippen LogP contribution in [0.2, 0.25) is 0 Å². The van der Waals surface area contributed by atoms with Crippen LogP contribution in [0.25, 0.3) is 11.3 Å². The topological polar surface area (TPSA) is 64.1 Å². The monoisotopic (exact) mass is 283 g/mol. The van der Waals surface area contributed by atoms with Crippen LogP contribution in [0.1, 0.15) is 18.7 Å². The number of rotatable bonds is 3. The Morgan fingerprint density at radius 2 is 2.29 bits per heavy atom. The van der Waals surface area contributed by atoms with Gasteiger partial charge in [0.25, 0.3) is 5.91 Å². The number of amides is 1. The molecule has 0 bridgehead atoms. The van der Waals surface area contributed by atoms with Gasteiger partial charge in [0.15, 0.2) is 0 Å². The van der Waals surface area contributed by atoms with Gasteiger partial charge in [0.1, 0.15) is 11.9 Å². The first-order valence-corrected chi connectivity index (χ1v) is 7.05. The average Bonchev–Trinajstić information content (AvgIpc) is 3.02. The molecule has 0 spiro atoms. The summed E-state index contributed by atoms with van der Waals surface area (Å²) in [5.41, 5.74) is 2.55. The van der Waals surface area contributed by atoms with E-state index in [0.717, 1.165) is 35.6 Å².